The molecule has 0 radical (unpaired) electrons. The molecule has 2 N–H and O–H groups in total. The van der Waals surface area contributed by atoms with E-state index in [1.165, 1.54) is 24.4 Å². The molecular weight excluding hydrogens is 461 g/mol. The van der Waals surface area contributed by atoms with Crippen molar-refractivity contribution in [2.75, 3.05) is 10.6 Å². The van der Waals surface area contributed by atoms with Gasteiger partial charge in [0.25, 0.3) is 5.88 Å². The molecule has 0 unspecified atom stereocenters. The normalized spacial score (nSPS) is 11.6. The van der Waals surface area contributed by atoms with Crippen molar-refractivity contribution in [2.24, 2.45) is 0 Å². The van der Waals surface area contributed by atoms with E-state index in [1.807, 2.05) is 32.9 Å². The number of benzene rings is 2. The standard InChI is InChI=1S/C22H20ClF3N4O3/c1-21(2,3)15-5-4-6-16(23)18(15)32-19-17(11-12-27-30-19)29-20(31)28-13-7-9-14(10-8-13)33-22(24,25)26/h4-12H,1-3H3,(H2,27,28,29,31). The second-order valence-corrected chi connectivity index (χ2v) is 8.28. The highest BCUT2D eigenvalue weighted by atomic mass is 35.5. The molecule has 0 aliphatic heterocycles. The van der Waals surface area contributed by atoms with E-state index in [0.717, 1.165) is 17.7 Å². The number of nitrogens with one attached hydrogen (secondary N) is 2. The van der Waals surface area contributed by atoms with E-state index < -0.39 is 18.1 Å². The Bertz CT molecular complexity index is 1130. The number of carbonyl (C=O) groups is 1. The summed E-state index contributed by atoms with van der Waals surface area (Å²) in [5.74, 6) is -0.00655. The van der Waals surface area contributed by atoms with E-state index in [0.29, 0.717) is 10.8 Å². The van der Waals surface area contributed by atoms with Crippen molar-refractivity contribution >= 4 is 29.0 Å². The quantitative estimate of drug-likeness (QED) is 0.421. The molecule has 174 valence electrons. The minimum Gasteiger partial charge on any atom is -0.434 e. The number of aromatic nitrogens is 2. The van der Waals surface area contributed by atoms with Gasteiger partial charge in [-0.1, -0.05) is 44.5 Å². The summed E-state index contributed by atoms with van der Waals surface area (Å²) in [7, 11) is 0. The van der Waals surface area contributed by atoms with E-state index >= 15 is 0 Å². The summed E-state index contributed by atoms with van der Waals surface area (Å²) in [5.41, 5.74) is 0.999. The molecule has 33 heavy (non-hydrogen) atoms. The number of ether oxygens (including phenoxy) is 2. The first kappa shape index (κ1) is 24.1. The number of carbonyl (C=O) groups excluding carboxylic acids is 1. The van der Waals surface area contributed by atoms with Crippen LogP contribution in [0.25, 0.3) is 0 Å². The lowest BCUT2D eigenvalue weighted by molar-refractivity contribution is -0.274. The molecular formula is C22H20ClF3N4O3. The van der Waals surface area contributed by atoms with Crippen LogP contribution >= 0.6 is 11.6 Å². The molecule has 3 rings (SSSR count). The number of anilines is 2. The lowest BCUT2D eigenvalue weighted by Crippen LogP contribution is -2.20. The van der Waals surface area contributed by atoms with Crippen LogP contribution in [0.1, 0.15) is 26.3 Å². The number of urea groups is 1. The third-order valence-electron chi connectivity index (χ3n) is 4.25. The third kappa shape index (κ3) is 6.72. The maximum Gasteiger partial charge on any atom is 0.573 e. The second kappa shape index (κ2) is 9.53. The van der Waals surface area contributed by atoms with Crippen molar-refractivity contribution in [2.45, 2.75) is 32.5 Å². The van der Waals surface area contributed by atoms with Gasteiger partial charge >= 0.3 is 12.4 Å². The Morgan fingerprint density at radius 2 is 1.70 bits per heavy atom. The zero-order valence-electron chi connectivity index (χ0n) is 17.8. The third-order valence-corrected chi connectivity index (χ3v) is 4.55. The van der Waals surface area contributed by atoms with Crippen molar-refractivity contribution < 1.29 is 27.4 Å². The van der Waals surface area contributed by atoms with Crippen LogP contribution in [0.3, 0.4) is 0 Å². The number of alkyl halides is 3. The monoisotopic (exact) mass is 480 g/mol. The fraction of sp³-hybridized carbons (Fsp3) is 0.227. The number of hydrogen-bond donors (Lipinski definition) is 2. The Balaban J connectivity index is 1.75. The van der Waals surface area contributed by atoms with Crippen LogP contribution in [0.15, 0.2) is 54.7 Å². The van der Waals surface area contributed by atoms with Crippen molar-refractivity contribution in [1.82, 2.24) is 10.2 Å². The summed E-state index contributed by atoms with van der Waals surface area (Å²) in [4.78, 5) is 12.4. The van der Waals surface area contributed by atoms with Gasteiger partial charge in [0, 0.05) is 11.3 Å². The molecule has 1 heterocycles. The molecule has 0 aliphatic carbocycles. The number of nitrogens with zero attached hydrogens (tertiary/aromatic N) is 2. The predicted molar refractivity (Wildman–Crippen MR) is 118 cm³/mol. The molecule has 2 amide bonds. The van der Waals surface area contributed by atoms with Crippen molar-refractivity contribution in [1.29, 1.82) is 0 Å². The highest BCUT2D eigenvalue weighted by molar-refractivity contribution is 6.32. The number of rotatable bonds is 5. The Kier molecular flexibility index (Phi) is 6.97. The Labute approximate surface area is 192 Å². The van der Waals surface area contributed by atoms with Crippen LogP contribution in [0.2, 0.25) is 5.02 Å². The average molecular weight is 481 g/mol. The van der Waals surface area contributed by atoms with E-state index in [4.69, 9.17) is 16.3 Å². The fourth-order valence-electron chi connectivity index (χ4n) is 2.81. The number of amides is 2. The molecule has 0 atom stereocenters. The summed E-state index contributed by atoms with van der Waals surface area (Å²) >= 11 is 6.35. The van der Waals surface area contributed by atoms with Gasteiger partial charge in [-0.25, -0.2) is 4.79 Å². The molecule has 2 aromatic carbocycles. The first-order valence-electron chi connectivity index (χ1n) is 9.65. The van der Waals surface area contributed by atoms with Gasteiger partial charge in [0.05, 0.1) is 11.2 Å². The first-order valence-corrected chi connectivity index (χ1v) is 10.0. The molecule has 0 aliphatic rings. The smallest absolute Gasteiger partial charge is 0.434 e. The van der Waals surface area contributed by atoms with Crippen LogP contribution in [-0.4, -0.2) is 22.6 Å². The largest absolute Gasteiger partial charge is 0.573 e. The topological polar surface area (TPSA) is 85.4 Å². The van der Waals surface area contributed by atoms with Gasteiger partial charge in [0.15, 0.2) is 5.75 Å². The number of hydrogen-bond acceptors (Lipinski definition) is 5. The SMILES string of the molecule is CC(C)(C)c1cccc(Cl)c1Oc1nnccc1NC(=O)Nc1ccc(OC(F)(F)F)cc1. The summed E-state index contributed by atoms with van der Waals surface area (Å²) < 4.78 is 46.6. The van der Waals surface area contributed by atoms with Crippen LogP contribution in [0, 0.1) is 0 Å². The molecule has 0 saturated heterocycles. The van der Waals surface area contributed by atoms with Gasteiger partial charge in [0.1, 0.15) is 11.4 Å². The van der Waals surface area contributed by atoms with Crippen molar-refractivity contribution in [3.63, 3.8) is 0 Å². The minimum atomic E-state index is -4.80. The van der Waals surface area contributed by atoms with Gasteiger partial charge in [0.2, 0.25) is 0 Å². The zero-order chi connectivity index (χ0) is 24.2. The highest BCUT2D eigenvalue weighted by Crippen LogP contribution is 2.40. The summed E-state index contributed by atoms with van der Waals surface area (Å²) in [5, 5.41) is 13.2. The van der Waals surface area contributed by atoms with Crippen LogP contribution < -0.4 is 20.1 Å². The molecule has 1 aromatic heterocycles. The average Bonchev–Trinajstić information content (AvgIpc) is 2.70. The maximum absolute atomic E-state index is 12.4. The van der Waals surface area contributed by atoms with E-state index in [2.05, 4.69) is 25.6 Å². The van der Waals surface area contributed by atoms with Gasteiger partial charge in [-0.3, -0.25) is 0 Å². The van der Waals surface area contributed by atoms with Crippen LogP contribution in [0.5, 0.6) is 17.4 Å². The zero-order valence-corrected chi connectivity index (χ0v) is 18.6. The van der Waals surface area contributed by atoms with Crippen LogP contribution in [-0.2, 0) is 5.41 Å². The van der Waals surface area contributed by atoms with E-state index in [9.17, 15) is 18.0 Å². The molecule has 3 aromatic rings. The van der Waals surface area contributed by atoms with Crippen molar-refractivity contribution in [3.05, 3.63) is 65.3 Å². The minimum absolute atomic E-state index is 0.0141. The van der Waals surface area contributed by atoms with Gasteiger partial charge < -0.3 is 20.1 Å². The molecule has 7 nitrogen and oxygen atoms in total. The fourth-order valence-corrected chi connectivity index (χ4v) is 3.03. The van der Waals surface area contributed by atoms with Crippen molar-refractivity contribution in [3.8, 4) is 17.4 Å². The van der Waals surface area contributed by atoms with Gasteiger partial charge in [-0.15, -0.1) is 18.3 Å². The lowest BCUT2D eigenvalue weighted by atomic mass is 9.86. The summed E-state index contributed by atoms with van der Waals surface area (Å²) in [6.45, 7) is 6.00. The van der Waals surface area contributed by atoms with E-state index in [1.54, 1.807) is 6.07 Å². The van der Waals surface area contributed by atoms with Crippen LogP contribution in [0.4, 0.5) is 29.3 Å². The molecule has 0 spiro atoms. The molecule has 0 saturated carbocycles. The van der Waals surface area contributed by atoms with Gasteiger partial charge in [-0.2, -0.15) is 5.10 Å². The Hall–Kier alpha value is -3.53. The second-order valence-electron chi connectivity index (χ2n) is 7.87. The summed E-state index contributed by atoms with van der Waals surface area (Å²) in [6.07, 6.45) is -3.44. The Morgan fingerprint density at radius 3 is 2.33 bits per heavy atom. The molecule has 0 bridgehead atoms. The number of halogens is 4. The van der Waals surface area contributed by atoms with Gasteiger partial charge in [-0.05, 0) is 41.8 Å². The van der Waals surface area contributed by atoms with E-state index in [-0.39, 0.29) is 22.7 Å². The maximum atomic E-state index is 12.4. The summed E-state index contributed by atoms with van der Waals surface area (Å²) in [6, 6.07) is 10.9. The number of para-hydroxylation sites is 1. The Morgan fingerprint density at radius 1 is 1.00 bits per heavy atom. The first-order chi connectivity index (χ1) is 15.4. The lowest BCUT2D eigenvalue weighted by Gasteiger charge is -2.23. The molecule has 11 heteroatoms. The predicted octanol–water partition coefficient (Wildman–Crippen LogP) is 6.76. The molecule has 0 fully saturated rings. The highest BCUT2D eigenvalue weighted by Gasteiger charge is 2.31.